The van der Waals surface area contributed by atoms with Crippen molar-refractivity contribution in [2.75, 3.05) is 0 Å². The monoisotopic (exact) mass is 722 g/mol. The van der Waals surface area contributed by atoms with Crippen molar-refractivity contribution in [3.63, 3.8) is 0 Å². The molecule has 272 valence electrons. The predicted molar refractivity (Wildman–Crippen MR) is 235 cm³/mol. The zero-order chi connectivity index (χ0) is 37.5. The van der Waals surface area contributed by atoms with E-state index in [4.69, 9.17) is 4.99 Å². The number of rotatable bonds is 9. The van der Waals surface area contributed by atoms with Gasteiger partial charge < -0.3 is 4.57 Å². The highest BCUT2D eigenvalue weighted by Gasteiger charge is 2.49. The van der Waals surface area contributed by atoms with Gasteiger partial charge in [0.05, 0.1) is 29.0 Å². The van der Waals surface area contributed by atoms with Crippen LogP contribution in [0.25, 0.3) is 39.2 Å². The number of hydrogen-bond acceptors (Lipinski definition) is 1. The molecule has 6 aromatic carbocycles. The number of benzene rings is 6. The maximum Gasteiger partial charge on any atom is 0.0944 e. The molecule has 10 rings (SSSR count). The van der Waals surface area contributed by atoms with Crippen LogP contribution in [0.1, 0.15) is 58.8 Å². The molecule has 3 aliphatic carbocycles. The Labute approximate surface area is 330 Å². The Hall–Kier alpha value is -6.25. The van der Waals surface area contributed by atoms with Gasteiger partial charge in [-0.25, -0.2) is 0 Å². The summed E-state index contributed by atoms with van der Waals surface area (Å²) in [5.74, 6) is 0.467. The normalized spacial score (nSPS) is 18.8. The van der Waals surface area contributed by atoms with Crippen LogP contribution < -0.4 is 0 Å². The minimum Gasteiger partial charge on any atom is -0.300 e. The molecule has 56 heavy (non-hydrogen) atoms. The van der Waals surface area contributed by atoms with Gasteiger partial charge in [-0.05, 0) is 99.7 Å². The minimum atomic E-state index is -0.465. The molecule has 0 bridgehead atoms. The van der Waals surface area contributed by atoms with Crippen LogP contribution in [-0.4, -0.2) is 16.9 Å². The Morgan fingerprint density at radius 3 is 2.21 bits per heavy atom. The lowest BCUT2D eigenvalue weighted by Gasteiger charge is -2.36. The number of hydrogen-bond donors (Lipinski definition) is 0. The minimum absolute atomic E-state index is 0.0415. The molecule has 1 heterocycles. The summed E-state index contributed by atoms with van der Waals surface area (Å²) in [6, 6.07) is 55.9. The van der Waals surface area contributed by atoms with Crippen molar-refractivity contribution >= 4 is 23.3 Å². The third-order valence-electron chi connectivity index (χ3n) is 12.3. The molecule has 7 aromatic rings. The molecule has 3 unspecified atom stereocenters. The smallest absolute Gasteiger partial charge is 0.0944 e. The van der Waals surface area contributed by atoms with Gasteiger partial charge in [0.15, 0.2) is 0 Å². The second kappa shape index (κ2) is 14.4. The van der Waals surface area contributed by atoms with Crippen molar-refractivity contribution in [1.29, 1.82) is 0 Å². The van der Waals surface area contributed by atoms with Gasteiger partial charge in [0.1, 0.15) is 0 Å². The van der Waals surface area contributed by atoms with Gasteiger partial charge in [0.2, 0.25) is 0 Å². The molecular weight excluding hydrogens is 677 g/mol. The molecule has 0 fully saturated rings. The van der Waals surface area contributed by atoms with E-state index in [-0.39, 0.29) is 6.04 Å². The number of aromatic nitrogens is 1. The van der Waals surface area contributed by atoms with Gasteiger partial charge in [-0.3, -0.25) is 4.99 Å². The topological polar surface area (TPSA) is 17.3 Å². The largest absolute Gasteiger partial charge is 0.300 e. The van der Waals surface area contributed by atoms with E-state index in [1.807, 2.05) is 0 Å². The van der Waals surface area contributed by atoms with Crippen molar-refractivity contribution in [3.8, 4) is 22.3 Å². The van der Waals surface area contributed by atoms with Gasteiger partial charge in [0, 0.05) is 10.9 Å². The molecule has 0 spiro atoms. The van der Waals surface area contributed by atoms with Crippen LogP contribution in [0.15, 0.2) is 187 Å². The fourth-order valence-electron chi connectivity index (χ4n) is 9.78. The summed E-state index contributed by atoms with van der Waals surface area (Å²) < 4.78 is 2.47. The lowest BCUT2D eigenvalue weighted by molar-refractivity contribution is 0.667. The van der Waals surface area contributed by atoms with Crippen molar-refractivity contribution in [3.05, 3.63) is 221 Å². The Bertz CT molecular complexity index is 2670. The zero-order valence-corrected chi connectivity index (χ0v) is 32.0. The average molecular weight is 723 g/mol. The molecule has 0 radical (unpaired) electrons. The summed E-state index contributed by atoms with van der Waals surface area (Å²) in [6.07, 6.45) is 19.0. The standard InChI is InChI=1S/C54H46N2/c1-38-29-32-51-49(33-38)48-31-30-47-46-27-14-15-28-50(46)54(43-23-10-4-11-24-43,44-25-12-5-13-26-44)52(47)53(48)56(51)37-55-45(35-39-17-6-2-7-18-39)36-40-19-16-22-42(34-40)41-20-8-3-9-21-41/h2-4,6-12,14-32,34,37-38,45H,5,13,33,35-36H2,1H3/b55-37+. The van der Waals surface area contributed by atoms with E-state index in [1.165, 1.54) is 77.8 Å². The molecule has 0 aliphatic heterocycles. The first kappa shape index (κ1) is 34.3. The van der Waals surface area contributed by atoms with Crippen molar-refractivity contribution in [1.82, 2.24) is 4.57 Å². The van der Waals surface area contributed by atoms with E-state index in [0.29, 0.717) is 5.92 Å². The first-order valence-corrected chi connectivity index (χ1v) is 20.3. The Kier molecular flexibility index (Phi) is 8.83. The number of nitrogens with zero attached hydrogens (tertiary/aromatic N) is 2. The van der Waals surface area contributed by atoms with E-state index in [1.54, 1.807) is 0 Å². The Morgan fingerprint density at radius 2 is 1.41 bits per heavy atom. The molecule has 0 saturated heterocycles. The van der Waals surface area contributed by atoms with Crippen LogP contribution in [0, 0.1) is 5.92 Å². The van der Waals surface area contributed by atoms with Crippen LogP contribution in [0.2, 0.25) is 0 Å². The van der Waals surface area contributed by atoms with E-state index < -0.39 is 5.41 Å². The summed E-state index contributed by atoms with van der Waals surface area (Å²) in [6.45, 7) is 2.34. The highest BCUT2D eigenvalue weighted by Crippen LogP contribution is 2.59. The lowest BCUT2D eigenvalue weighted by Crippen LogP contribution is -2.30. The SMILES string of the molecule is CC1C=Cc2c(c3ccc4c(c3n2/C=N/C(Cc2ccccc2)Cc2cccc(-c3ccccc3)c2)C(C2=CCCC=C2)(c2ccccc2)c2ccccc2-4)C1. The predicted octanol–water partition coefficient (Wildman–Crippen LogP) is 12.8. The van der Waals surface area contributed by atoms with Gasteiger partial charge in [0.25, 0.3) is 0 Å². The van der Waals surface area contributed by atoms with Crippen LogP contribution in [0.3, 0.4) is 0 Å². The van der Waals surface area contributed by atoms with Crippen LogP contribution >= 0.6 is 0 Å². The number of fused-ring (bicyclic) bond motifs is 7. The summed E-state index contributed by atoms with van der Waals surface area (Å²) in [7, 11) is 0. The van der Waals surface area contributed by atoms with Gasteiger partial charge in [-0.2, -0.15) is 0 Å². The fourth-order valence-corrected chi connectivity index (χ4v) is 9.78. The quantitative estimate of drug-likeness (QED) is 0.104. The zero-order valence-electron chi connectivity index (χ0n) is 32.0. The van der Waals surface area contributed by atoms with Gasteiger partial charge in [-0.15, -0.1) is 0 Å². The third kappa shape index (κ3) is 5.83. The summed E-state index contributed by atoms with van der Waals surface area (Å²) in [5, 5.41) is 1.34. The maximum atomic E-state index is 5.62. The number of allylic oxidation sites excluding steroid dienone is 5. The van der Waals surface area contributed by atoms with Crippen LogP contribution in [-0.2, 0) is 24.7 Å². The fraction of sp³-hybridized carbons (Fsp3) is 0.167. The molecule has 0 N–H and O–H groups in total. The Morgan fingerprint density at radius 1 is 0.696 bits per heavy atom. The maximum absolute atomic E-state index is 5.62. The lowest BCUT2D eigenvalue weighted by atomic mass is 9.65. The van der Waals surface area contributed by atoms with Gasteiger partial charge in [-0.1, -0.05) is 183 Å². The van der Waals surface area contributed by atoms with E-state index in [2.05, 4.69) is 200 Å². The van der Waals surface area contributed by atoms with Crippen molar-refractivity contribution in [2.45, 2.75) is 50.5 Å². The van der Waals surface area contributed by atoms with Gasteiger partial charge >= 0.3 is 0 Å². The van der Waals surface area contributed by atoms with E-state index in [0.717, 1.165) is 32.1 Å². The number of aliphatic imine (C=N–C) groups is 1. The second-order valence-electron chi connectivity index (χ2n) is 15.8. The first-order chi connectivity index (χ1) is 27.7. The van der Waals surface area contributed by atoms with Crippen LogP contribution in [0.5, 0.6) is 0 Å². The Balaban J connectivity index is 1.19. The van der Waals surface area contributed by atoms with E-state index in [9.17, 15) is 0 Å². The molecular formula is C54H46N2. The second-order valence-corrected chi connectivity index (χ2v) is 15.8. The van der Waals surface area contributed by atoms with Crippen LogP contribution in [0.4, 0.5) is 0 Å². The van der Waals surface area contributed by atoms with Crippen molar-refractivity contribution < 1.29 is 0 Å². The molecule has 3 aliphatic rings. The van der Waals surface area contributed by atoms with E-state index >= 15 is 0 Å². The molecule has 2 nitrogen and oxygen atoms in total. The summed E-state index contributed by atoms with van der Waals surface area (Å²) in [5.41, 5.74) is 16.6. The average Bonchev–Trinajstić information content (AvgIpc) is 3.74. The molecule has 1 aromatic heterocycles. The van der Waals surface area contributed by atoms with Crippen molar-refractivity contribution in [2.24, 2.45) is 10.9 Å². The highest BCUT2D eigenvalue weighted by molar-refractivity contribution is 6.04. The highest BCUT2D eigenvalue weighted by atomic mass is 15.0. The summed E-state index contributed by atoms with van der Waals surface area (Å²) in [4.78, 5) is 5.62. The molecule has 3 atom stereocenters. The molecule has 0 amide bonds. The summed E-state index contributed by atoms with van der Waals surface area (Å²) >= 11 is 0. The first-order valence-electron chi connectivity index (χ1n) is 20.3. The molecule has 0 saturated carbocycles. The third-order valence-corrected chi connectivity index (χ3v) is 12.3. The molecule has 2 heteroatoms.